The van der Waals surface area contributed by atoms with Gasteiger partial charge in [-0.15, -0.1) is 0 Å². The van der Waals surface area contributed by atoms with Gasteiger partial charge < -0.3 is 21.8 Å². The van der Waals surface area contributed by atoms with Crippen LogP contribution in [0, 0.1) is 0 Å². The Morgan fingerprint density at radius 3 is 1.64 bits per heavy atom. The molecule has 1 saturated heterocycles. The molecule has 0 bridgehead atoms. The van der Waals surface area contributed by atoms with Crippen LogP contribution in [0.15, 0.2) is 0 Å². The zero-order chi connectivity index (χ0) is 19.5. The number of carbonyl (C=O) groups is 1. The molecule has 25 heavy (non-hydrogen) atoms. The van der Waals surface area contributed by atoms with Gasteiger partial charge in [-0.05, 0) is 71.8 Å². The Labute approximate surface area is 157 Å². The van der Waals surface area contributed by atoms with Crippen molar-refractivity contribution in [1.29, 1.82) is 0 Å². The van der Waals surface area contributed by atoms with Crippen molar-refractivity contribution in [3.05, 3.63) is 0 Å². The molecular weight excluding hydrogens is 389 g/mol. The van der Waals surface area contributed by atoms with Gasteiger partial charge in [-0.2, -0.15) is 0 Å². The number of ether oxygens (including phenoxy) is 2. The van der Waals surface area contributed by atoms with Gasteiger partial charge in [0.1, 0.15) is 12.7 Å². The predicted molar refractivity (Wildman–Crippen MR) is 109 cm³/mol. The van der Waals surface area contributed by atoms with E-state index in [1.54, 1.807) is 0 Å². The summed E-state index contributed by atoms with van der Waals surface area (Å²) in [5.41, 5.74) is 0. The Morgan fingerprint density at radius 1 is 0.880 bits per heavy atom. The highest BCUT2D eigenvalue weighted by molar-refractivity contribution is 6.90. The van der Waals surface area contributed by atoms with Crippen LogP contribution >= 0.6 is 0 Å². The highest BCUT2D eigenvalue weighted by Crippen LogP contribution is 2.31. The zero-order valence-corrected chi connectivity index (χ0v) is 21.4. The molecule has 0 aromatic rings. The molecular formula is C15H36O6Si4. The van der Waals surface area contributed by atoms with E-state index in [1.165, 1.54) is 0 Å². The van der Waals surface area contributed by atoms with Crippen molar-refractivity contribution in [2.24, 2.45) is 0 Å². The highest BCUT2D eigenvalue weighted by Gasteiger charge is 2.49. The van der Waals surface area contributed by atoms with Crippen LogP contribution in [0.2, 0.25) is 65.0 Å². The zero-order valence-electron chi connectivity index (χ0n) is 17.4. The normalized spacial score (nSPS) is 19.7. The molecule has 0 radical (unpaired) electrons. The van der Waals surface area contributed by atoms with E-state index in [0.29, 0.717) is 6.61 Å². The summed E-state index contributed by atoms with van der Waals surface area (Å²) < 4.78 is 29.9. The minimum absolute atomic E-state index is 0.162. The molecule has 0 N–H and O–H groups in total. The van der Waals surface area contributed by atoms with Gasteiger partial charge in [-0.3, -0.25) is 0 Å². The molecule has 0 amide bonds. The summed E-state index contributed by atoms with van der Waals surface area (Å²) in [6.07, 6.45) is 0.862. The lowest BCUT2D eigenvalue weighted by Crippen LogP contribution is -2.60. The Kier molecular flexibility index (Phi) is 7.71. The monoisotopic (exact) mass is 424 g/mol. The average molecular weight is 425 g/mol. The fraction of sp³-hybridized carbons (Fsp3) is 0.933. The second-order valence-corrected chi connectivity index (χ2v) is 26.5. The molecule has 0 aromatic carbocycles. The fourth-order valence-corrected chi connectivity index (χ4v) is 17.4. The van der Waals surface area contributed by atoms with Crippen molar-refractivity contribution < 1.29 is 26.6 Å². The van der Waals surface area contributed by atoms with Gasteiger partial charge in [0.25, 0.3) is 0 Å². The molecule has 1 rings (SSSR count). The lowest BCUT2D eigenvalue weighted by Gasteiger charge is -2.43. The van der Waals surface area contributed by atoms with Crippen molar-refractivity contribution in [2.75, 3.05) is 6.61 Å². The third-order valence-electron chi connectivity index (χ3n) is 3.04. The quantitative estimate of drug-likeness (QED) is 0.371. The smallest absolute Gasteiger partial charge is 0.430 e. The molecule has 0 aliphatic carbocycles. The summed E-state index contributed by atoms with van der Waals surface area (Å²) in [5, 5.41) is 0. The summed E-state index contributed by atoms with van der Waals surface area (Å²) in [6, 6.07) is 0.764. The maximum atomic E-state index is 11.1. The van der Waals surface area contributed by atoms with E-state index in [9.17, 15) is 4.79 Å². The number of rotatable bonds is 10. The third-order valence-corrected chi connectivity index (χ3v) is 15.1. The van der Waals surface area contributed by atoms with E-state index in [1.807, 2.05) is 0 Å². The molecule has 1 fully saturated rings. The molecule has 1 heterocycles. The lowest BCUT2D eigenvalue weighted by molar-refractivity contribution is 0.115. The largest absolute Gasteiger partial charge is 0.508 e. The maximum absolute atomic E-state index is 11.1. The molecule has 1 aliphatic rings. The van der Waals surface area contributed by atoms with Gasteiger partial charge in [0.15, 0.2) is 25.0 Å². The molecule has 0 aromatic heterocycles. The van der Waals surface area contributed by atoms with Gasteiger partial charge in [0.05, 0.1) is 0 Å². The summed E-state index contributed by atoms with van der Waals surface area (Å²) in [7, 11) is -8.30. The van der Waals surface area contributed by atoms with E-state index in [-0.39, 0.29) is 6.10 Å². The third kappa shape index (κ3) is 10.1. The standard InChI is InChI=1S/C15H36O6Si4/c1-22(2,3)19-25(20-23(4,5)6,21-24(7,8)9)12-10-11-14-13-17-15(16)18-14/h14H,10-13H2,1-9H3. The summed E-state index contributed by atoms with van der Waals surface area (Å²) in [5.74, 6) is 0. The van der Waals surface area contributed by atoms with Gasteiger partial charge >= 0.3 is 15.0 Å². The number of hydrogen-bond acceptors (Lipinski definition) is 6. The van der Waals surface area contributed by atoms with E-state index in [4.69, 9.17) is 21.8 Å². The molecule has 6 nitrogen and oxygen atoms in total. The number of hydrogen-bond donors (Lipinski definition) is 0. The Balaban J connectivity index is 2.90. The Hall–Kier alpha value is 0.0175. The van der Waals surface area contributed by atoms with Crippen LogP contribution < -0.4 is 0 Å². The van der Waals surface area contributed by atoms with Gasteiger partial charge in [0.2, 0.25) is 0 Å². The van der Waals surface area contributed by atoms with Crippen LogP contribution in [-0.2, 0) is 21.8 Å². The van der Waals surface area contributed by atoms with Gasteiger partial charge in [0, 0.05) is 6.04 Å². The van der Waals surface area contributed by atoms with Crippen LogP contribution in [0.4, 0.5) is 4.79 Å². The minimum Gasteiger partial charge on any atom is -0.430 e. The van der Waals surface area contributed by atoms with Crippen molar-refractivity contribution in [3.8, 4) is 0 Å². The second-order valence-electron chi connectivity index (χ2n) is 9.52. The predicted octanol–water partition coefficient (Wildman–Crippen LogP) is 4.80. The fourth-order valence-electron chi connectivity index (χ4n) is 2.67. The first-order valence-corrected chi connectivity index (χ1v) is 21.2. The van der Waals surface area contributed by atoms with Crippen LogP contribution in [0.1, 0.15) is 12.8 Å². The minimum atomic E-state index is -2.79. The topological polar surface area (TPSA) is 63.2 Å². The number of carbonyl (C=O) groups excluding carboxylic acids is 1. The molecule has 1 atom stereocenters. The molecule has 148 valence electrons. The first-order chi connectivity index (χ1) is 11.1. The van der Waals surface area contributed by atoms with Crippen molar-refractivity contribution in [2.45, 2.75) is 83.9 Å². The Morgan fingerprint density at radius 2 is 1.32 bits per heavy atom. The summed E-state index contributed by atoms with van der Waals surface area (Å²) in [6.45, 7) is 20.0. The van der Waals surface area contributed by atoms with Gasteiger partial charge in [-0.1, -0.05) is 0 Å². The summed E-state index contributed by atoms with van der Waals surface area (Å²) >= 11 is 0. The lowest BCUT2D eigenvalue weighted by atomic mass is 10.2. The van der Waals surface area contributed by atoms with Crippen LogP contribution in [0.3, 0.4) is 0 Å². The van der Waals surface area contributed by atoms with E-state index >= 15 is 0 Å². The van der Waals surface area contributed by atoms with Crippen LogP contribution in [-0.4, -0.2) is 52.6 Å². The van der Waals surface area contributed by atoms with Crippen molar-refractivity contribution in [1.82, 2.24) is 0 Å². The average Bonchev–Trinajstić information content (AvgIpc) is 2.67. The van der Waals surface area contributed by atoms with Crippen molar-refractivity contribution in [3.63, 3.8) is 0 Å². The van der Waals surface area contributed by atoms with E-state index < -0.39 is 39.9 Å². The van der Waals surface area contributed by atoms with Crippen molar-refractivity contribution >= 4 is 39.9 Å². The van der Waals surface area contributed by atoms with Crippen LogP contribution in [0.5, 0.6) is 0 Å². The first kappa shape index (κ1) is 23.1. The molecule has 1 unspecified atom stereocenters. The molecule has 1 aliphatic heterocycles. The maximum Gasteiger partial charge on any atom is 0.508 e. The number of cyclic esters (lactones) is 2. The van der Waals surface area contributed by atoms with E-state index in [0.717, 1.165) is 18.9 Å². The SMILES string of the molecule is C[Si](C)(C)O[Si](CCCC1COC(=O)O1)(O[Si](C)(C)C)O[Si](C)(C)C. The Bertz CT molecular complexity index is 412. The van der Waals surface area contributed by atoms with Crippen LogP contribution in [0.25, 0.3) is 0 Å². The highest BCUT2D eigenvalue weighted by atomic mass is 28.5. The molecule has 0 spiro atoms. The summed E-state index contributed by atoms with van der Waals surface area (Å²) in [4.78, 5) is 11.1. The molecule has 0 saturated carbocycles. The first-order valence-electron chi connectivity index (χ1n) is 9.03. The second kappa shape index (κ2) is 8.36. The van der Waals surface area contributed by atoms with Gasteiger partial charge in [-0.25, -0.2) is 4.79 Å². The molecule has 10 heteroatoms. The van der Waals surface area contributed by atoms with E-state index in [2.05, 4.69) is 58.9 Å².